The van der Waals surface area contributed by atoms with Gasteiger partial charge < -0.3 is 19.7 Å². The van der Waals surface area contributed by atoms with E-state index in [2.05, 4.69) is 5.32 Å². The number of nitrogens with zero attached hydrogens (tertiary/aromatic N) is 2. The molecule has 2 amide bonds. The quantitative estimate of drug-likeness (QED) is 0.334. The molecule has 10 heteroatoms. The predicted molar refractivity (Wildman–Crippen MR) is 165 cm³/mol. The molecule has 0 aliphatic carbocycles. The molecule has 0 aromatic heterocycles. The number of anilines is 1. The third kappa shape index (κ3) is 8.72. The van der Waals surface area contributed by atoms with Crippen molar-refractivity contribution in [2.45, 2.75) is 52.2 Å². The number of carbonyl (C=O) groups excluding carboxylic acids is 2. The number of amides is 2. The number of hydrogen-bond acceptors (Lipinski definition) is 6. The second kappa shape index (κ2) is 13.7. The van der Waals surface area contributed by atoms with Gasteiger partial charge in [-0.15, -0.1) is 0 Å². The summed E-state index contributed by atoms with van der Waals surface area (Å²) >= 11 is 0. The van der Waals surface area contributed by atoms with Gasteiger partial charge in [-0.25, -0.2) is 8.42 Å². The predicted octanol–water partition coefficient (Wildman–Crippen LogP) is 4.33. The summed E-state index contributed by atoms with van der Waals surface area (Å²) in [5.74, 6) is -0.171. The maximum Gasteiger partial charge on any atom is 0.244 e. The smallest absolute Gasteiger partial charge is 0.244 e. The summed E-state index contributed by atoms with van der Waals surface area (Å²) in [6.07, 6.45) is 1.27. The molecule has 1 atom stereocenters. The van der Waals surface area contributed by atoms with Crippen LogP contribution in [0.25, 0.3) is 0 Å². The van der Waals surface area contributed by atoms with E-state index >= 15 is 0 Å². The van der Waals surface area contributed by atoms with Crippen molar-refractivity contribution in [2.24, 2.45) is 0 Å². The van der Waals surface area contributed by atoms with Crippen molar-refractivity contribution < 1.29 is 27.5 Å². The lowest BCUT2D eigenvalue weighted by molar-refractivity contribution is -0.140. The van der Waals surface area contributed by atoms with E-state index in [-0.39, 0.29) is 30.3 Å². The molecule has 9 nitrogen and oxygen atoms in total. The Morgan fingerprint density at radius 1 is 0.929 bits per heavy atom. The van der Waals surface area contributed by atoms with Crippen LogP contribution in [0.2, 0.25) is 0 Å². The minimum Gasteiger partial charge on any atom is -0.497 e. The van der Waals surface area contributed by atoms with Crippen LogP contribution >= 0.6 is 0 Å². The second-order valence-corrected chi connectivity index (χ2v) is 13.1. The van der Waals surface area contributed by atoms with Crippen LogP contribution in [-0.2, 0) is 32.6 Å². The number of methoxy groups -OCH3 is 2. The first-order valence-electron chi connectivity index (χ1n) is 13.6. The Hall–Kier alpha value is -4.05. The average molecular weight is 596 g/mol. The fourth-order valence-electron chi connectivity index (χ4n) is 4.56. The van der Waals surface area contributed by atoms with E-state index < -0.39 is 34.1 Å². The highest BCUT2D eigenvalue weighted by molar-refractivity contribution is 7.92. The first kappa shape index (κ1) is 32.5. The molecule has 3 aromatic rings. The number of aryl methyl sites for hydroxylation is 1. The molecule has 1 N–H and O–H groups in total. The van der Waals surface area contributed by atoms with Crippen molar-refractivity contribution in [1.29, 1.82) is 0 Å². The summed E-state index contributed by atoms with van der Waals surface area (Å²) in [6, 6.07) is 20.8. The number of carbonyl (C=O) groups is 2. The summed E-state index contributed by atoms with van der Waals surface area (Å²) < 4.78 is 37.9. The molecule has 3 aromatic carbocycles. The van der Waals surface area contributed by atoms with Gasteiger partial charge in [-0.05, 0) is 56.5 Å². The molecule has 0 fully saturated rings. The molecule has 226 valence electrons. The molecule has 0 saturated heterocycles. The third-order valence-corrected chi connectivity index (χ3v) is 7.83. The van der Waals surface area contributed by atoms with Crippen LogP contribution in [0.4, 0.5) is 5.69 Å². The summed E-state index contributed by atoms with van der Waals surface area (Å²) in [7, 11) is -1.04. The van der Waals surface area contributed by atoms with Crippen molar-refractivity contribution in [3.63, 3.8) is 0 Å². The van der Waals surface area contributed by atoms with Crippen LogP contribution in [0.15, 0.2) is 72.8 Å². The lowest BCUT2D eigenvalue weighted by atomic mass is 10.00. The fraction of sp³-hybridized carbons (Fsp3) is 0.375. The van der Waals surface area contributed by atoms with E-state index in [1.54, 1.807) is 12.1 Å². The van der Waals surface area contributed by atoms with Crippen LogP contribution in [0, 0.1) is 6.92 Å². The molecule has 0 aliphatic rings. The average Bonchev–Trinajstić information content (AvgIpc) is 2.93. The zero-order chi connectivity index (χ0) is 31.1. The Labute approximate surface area is 249 Å². The highest BCUT2D eigenvalue weighted by Crippen LogP contribution is 2.34. The highest BCUT2D eigenvalue weighted by Gasteiger charge is 2.35. The number of rotatable bonds is 12. The van der Waals surface area contributed by atoms with Gasteiger partial charge in [0.1, 0.15) is 24.1 Å². The third-order valence-electron chi connectivity index (χ3n) is 6.71. The van der Waals surface area contributed by atoms with Gasteiger partial charge in [0.2, 0.25) is 21.8 Å². The summed E-state index contributed by atoms with van der Waals surface area (Å²) in [4.78, 5) is 29.6. The Bertz CT molecular complexity index is 1490. The number of benzene rings is 3. The van der Waals surface area contributed by atoms with Crippen LogP contribution in [0.3, 0.4) is 0 Å². The molecule has 3 rings (SSSR count). The monoisotopic (exact) mass is 595 g/mol. The number of nitrogens with one attached hydrogen (secondary N) is 1. The van der Waals surface area contributed by atoms with Crippen LogP contribution in [0.1, 0.15) is 37.5 Å². The van der Waals surface area contributed by atoms with Crippen LogP contribution in [-0.4, -0.2) is 63.7 Å². The lowest BCUT2D eigenvalue weighted by Gasteiger charge is -2.35. The molecular weight excluding hydrogens is 554 g/mol. The Morgan fingerprint density at radius 3 is 2.14 bits per heavy atom. The molecule has 0 spiro atoms. The highest BCUT2D eigenvalue weighted by atomic mass is 32.2. The van der Waals surface area contributed by atoms with Gasteiger partial charge in [-0.1, -0.05) is 54.6 Å². The van der Waals surface area contributed by atoms with E-state index in [1.165, 1.54) is 25.2 Å². The molecule has 42 heavy (non-hydrogen) atoms. The second-order valence-electron chi connectivity index (χ2n) is 11.2. The van der Waals surface area contributed by atoms with Crippen molar-refractivity contribution in [1.82, 2.24) is 10.2 Å². The molecule has 0 heterocycles. The fourth-order valence-corrected chi connectivity index (χ4v) is 5.42. The van der Waals surface area contributed by atoms with E-state index in [0.29, 0.717) is 5.75 Å². The van der Waals surface area contributed by atoms with E-state index in [1.807, 2.05) is 82.3 Å². The molecule has 0 radical (unpaired) electrons. The van der Waals surface area contributed by atoms with E-state index in [4.69, 9.17) is 9.47 Å². The summed E-state index contributed by atoms with van der Waals surface area (Å²) in [5.41, 5.74) is 2.29. The van der Waals surface area contributed by atoms with Gasteiger partial charge >= 0.3 is 0 Å². The maximum absolute atomic E-state index is 14.3. The van der Waals surface area contributed by atoms with E-state index in [9.17, 15) is 18.0 Å². The van der Waals surface area contributed by atoms with Crippen LogP contribution in [0.5, 0.6) is 11.5 Å². The first-order valence-corrected chi connectivity index (χ1v) is 15.5. The minimum absolute atomic E-state index is 0.109. The maximum atomic E-state index is 14.3. The van der Waals surface area contributed by atoms with Crippen LogP contribution < -0.4 is 19.1 Å². The lowest BCUT2D eigenvalue weighted by Crippen LogP contribution is -2.56. The summed E-state index contributed by atoms with van der Waals surface area (Å²) in [5, 5.41) is 3.02. The van der Waals surface area contributed by atoms with Gasteiger partial charge in [-0.2, -0.15) is 0 Å². The zero-order valence-corrected chi connectivity index (χ0v) is 26.2. The van der Waals surface area contributed by atoms with E-state index in [0.717, 1.165) is 27.3 Å². The molecular formula is C32H41N3O6S. The van der Waals surface area contributed by atoms with Gasteiger partial charge in [0, 0.05) is 24.6 Å². The van der Waals surface area contributed by atoms with Gasteiger partial charge in [0.25, 0.3) is 0 Å². The zero-order valence-electron chi connectivity index (χ0n) is 25.4. The topological polar surface area (TPSA) is 105 Å². The largest absolute Gasteiger partial charge is 0.497 e. The number of ether oxygens (including phenoxy) is 2. The Morgan fingerprint density at radius 2 is 1.57 bits per heavy atom. The number of hydrogen-bond donors (Lipinski definition) is 1. The normalized spacial score (nSPS) is 12.3. The standard InChI is InChI=1S/C32H41N3O6S/c1-23-13-11-12-16-25(23)21-34(28(31(37)33-32(2,3)4)19-24-14-9-8-10-15-24)30(36)22-35(42(7,38)39)27-18-17-26(40-5)20-29(27)41-6/h8-18,20,28H,19,21-22H2,1-7H3,(H,33,37)/t28-/m0/s1. The van der Waals surface area contributed by atoms with Crippen molar-refractivity contribution in [3.05, 3.63) is 89.5 Å². The van der Waals surface area contributed by atoms with Crippen molar-refractivity contribution in [3.8, 4) is 11.5 Å². The SMILES string of the molecule is COc1ccc(N(CC(=O)N(Cc2ccccc2C)[C@@H](Cc2ccccc2)C(=O)NC(C)(C)C)S(C)(=O)=O)c(OC)c1. The minimum atomic E-state index is -3.95. The van der Waals surface area contributed by atoms with Gasteiger partial charge in [0.05, 0.1) is 26.2 Å². The Balaban J connectivity index is 2.12. The van der Waals surface area contributed by atoms with Crippen molar-refractivity contribution in [2.75, 3.05) is 31.3 Å². The number of sulfonamides is 1. The molecule has 0 bridgehead atoms. The summed E-state index contributed by atoms with van der Waals surface area (Å²) in [6.45, 7) is 7.13. The van der Waals surface area contributed by atoms with Gasteiger partial charge in [0.15, 0.2) is 0 Å². The van der Waals surface area contributed by atoms with Gasteiger partial charge in [-0.3, -0.25) is 13.9 Å². The molecule has 0 aliphatic heterocycles. The van der Waals surface area contributed by atoms with Crippen molar-refractivity contribution >= 4 is 27.5 Å². The first-order chi connectivity index (χ1) is 19.7. The Kier molecular flexibility index (Phi) is 10.6. The molecule has 0 saturated carbocycles. The molecule has 0 unspecified atom stereocenters.